The Morgan fingerprint density at radius 1 is 1.14 bits per heavy atom. The molecule has 0 saturated carbocycles. The average molecular weight is 400 g/mol. The van der Waals surface area contributed by atoms with Crippen molar-refractivity contribution in [3.05, 3.63) is 64.4 Å². The molecule has 1 aromatic carbocycles. The second kappa shape index (κ2) is 10.6. The molecular formula is C23H30ClN3O. The number of hydrogen-bond acceptors (Lipinski definition) is 3. The standard InChI is InChI=1S/C12H17ClN2.C11H13NO/c13-11-5-6-14-12(10-11)4-3-9-15-7-1-2-8-15;12-11(13)7-8-5-9-3-1-2-4-10(9)6-8/h5-6,10H,1-4,7-9H2;1-4,8H,5-7H2,(H2,12,13). The molecule has 5 heteroatoms. The predicted molar refractivity (Wildman–Crippen MR) is 114 cm³/mol. The van der Waals surface area contributed by atoms with Crippen molar-refractivity contribution in [1.29, 1.82) is 0 Å². The number of nitrogens with zero attached hydrogens (tertiary/aromatic N) is 2. The van der Waals surface area contributed by atoms with Crippen LogP contribution < -0.4 is 5.73 Å². The van der Waals surface area contributed by atoms with Crippen LogP contribution >= 0.6 is 11.6 Å². The summed E-state index contributed by atoms with van der Waals surface area (Å²) in [5.41, 5.74) is 9.05. The first-order valence-electron chi connectivity index (χ1n) is 10.3. The summed E-state index contributed by atoms with van der Waals surface area (Å²) < 4.78 is 0. The molecule has 2 aromatic rings. The molecule has 1 aromatic heterocycles. The Bertz CT molecular complexity index is 749. The molecule has 0 unspecified atom stereocenters. The van der Waals surface area contributed by atoms with Crippen molar-refractivity contribution in [3.8, 4) is 0 Å². The fourth-order valence-electron chi connectivity index (χ4n) is 4.15. The first kappa shape index (κ1) is 20.8. The molecule has 1 aliphatic carbocycles. The molecular weight excluding hydrogens is 370 g/mol. The minimum absolute atomic E-state index is 0.183. The van der Waals surface area contributed by atoms with E-state index in [1.807, 2.05) is 24.3 Å². The van der Waals surface area contributed by atoms with E-state index >= 15 is 0 Å². The third-order valence-electron chi connectivity index (χ3n) is 5.51. The molecule has 2 N–H and O–H groups in total. The van der Waals surface area contributed by atoms with Gasteiger partial charge in [-0.2, -0.15) is 0 Å². The fraction of sp³-hybridized carbons (Fsp3) is 0.478. The lowest BCUT2D eigenvalue weighted by Crippen LogP contribution is -2.20. The van der Waals surface area contributed by atoms with E-state index in [9.17, 15) is 4.79 Å². The van der Waals surface area contributed by atoms with Gasteiger partial charge in [-0.15, -0.1) is 0 Å². The van der Waals surface area contributed by atoms with Crippen LogP contribution in [-0.4, -0.2) is 35.4 Å². The van der Waals surface area contributed by atoms with Crippen LogP contribution in [0.5, 0.6) is 0 Å². The molecule has 2 aliphatic rings. The number of aryl methyl sites for hydroxylation is 1. The van der Waals surface area contributed by atoms with Gasteiger partial charge >= 0.3 is 0 Å². The van der Waals surface area contributed by atoms with Crippen molar-refractivity contribution in [2.45, 2.75) is 44.9 Å². The van der Waals surface area contributed by atoms with Gasteiger partial charge in [0.2, 0.25) is 5.91 Å². The first-order valence-corrected chi connectivity index (χ1v) is 10.7. The summed E-state index contributed by atoms with van der Waals surface area (Å²) in [6.45, 7) is 3.76. The number of rotatable bonds is 6. The van der Waals surface area contributed by atoms with Crippen LogP contribution in [0.2, 0.25) is 5.02 Å². The van der Waals surface area contributed by atoms with Gasteiger partial charge < -0.3 is 10.6 Å². The van der Waals surface area contributed by atoms with E-state index in [0.717, 1.165) is 30.0 Å². The normalized spacial score (nSPS) is 16.5. The number of hydrogen-bond donors (Lipinski definition) is 1. The summed E-state index contributed by atoms with van der Waals surface area (Å²) >= 11 is 5.90. The van der Waals surface area contributed by atoms with Crippen molar-refractivity contribution in [2.24, 2.45) is 11.7 Å². The lowest BCUT2D eigenvalue weighted by atomic mass is 10.0. The summed E-state index contributed by atoms with van der Waals surface area (Å²) in [6.07, 6.45) is 9.30. The lowest BCUT2D eigenvalue weighted by molar-refractivity contribution is -0.118. The van der Waals surface area contributed by atoms with Crippen molar-refractivity contribution < 1.29 is 4.79 Å². The van der Waals surface area contributed by atoms with E-state index in [2.05, 4.69) is 22.0 Å². The number of halogens is 1. The zero-order valence-electron chi connectivity index (χ0n) is 16.4. The monoisotopic (exact) mass is 399 g/mol. The highest BCUT2D eigenvalue weighted by molar-refractivity contribution is 6.30. The second-order valence-corrected chi connectivity index (χ2v) is 8.27. The third kappa shape index (κ3) is 6.61. The number of primary amides is 1. The first-order chi connectivity index (χ1) is 13.6. The molecule has 0 atom stereocenters. The smallest absolute Gasteiger partial charge is 0.217 e. The molecule has 0 radical (unpaired) electrons. The van der Waals surface area contributed by atoms with Crippen LogP contribution in [0.1, 0.15) is 42.5 Å². The Morgan fingerprint density at radius 3 is 2.43 bits per heavy atom. The molecule has 28 heavy (non-hydrogen) atoms. The maximum Gasteiger partial charge on any atom is 0.217 e. The predicted octanol–water partition coefficient (Wildman–Crippen LogP) is 4.04. The third-order valence-corrected chi connectivity index (χ3v) is 5.75. The minimum Gasteiger partial charge on any atom is -0.370 e. The van der Waals surface area contributed by atoms with E-state index in [0.29, 0.717) is 12.3 Å². The Labute approximate surface area is 173 Å². The van der Waals surface area contributed by atoms with Crippen LogP contribution in [0.15, 0.2) is 42.6 Å². The zero-order valence-corrected chi connectivity index (χ0v) is 17.2. The molecule has 4 rings (SSSR count). The lowest BCUT2D eigenvalue weighted by Gasteiger charge is -2.13. The minimum atomic E-state index is -0.183. The molecule has 1 aliphatic heterocycles. The highest BCUT2D eigenvalue weighted by Crippen LogP contribution is 2.28. The largest absolute Gasteiger partial charge is 0.370 e. The van der Waals surface area contributed by atoms with Gasteiger partial charge in [-0.3, -0.25) is 9.78 Å². The van der Waals surface area contributed by atoms with Crippen LogP contribution in [0.3, 0.4) is 0 Å². The van der Waals surface area contributed by atoms with E-state index < -0.39 is 0 Å². The van der Waals surface area contributed by atoms with Crippen LogP contribution in [0, 0.1) is 5.92 Å². The average Bonchev–Trinajstić information content (AvgIpc) is 3.31. The van der Waals surface area contributed by atoms with Gasteiger partial charge in [0.15, 0.2) is 0 Å². The quantitative estimate of drug-likeness (QED) is 0.797. The number of fused-ring (bicyclic) bond motifs is 1. The number of pyridine rings is 1. The molecule has 1 amide bonds. The maximum atomic E-state index is 10.7. The number of carbonyl (C=O) groups is 1. The van der Waals surface area contributed by atoms with Crippen molar-refractivity contribution >= 4 is 17.5 Å². The highest BCUT2D eigenvalue weighted by Gasteiger charge is 2.21. The number of likely N-dealkylation sites (tertiary alicyclic amines) is 1. The SMILES string of the molecule is Clc1ccnc(CCCN2CCCC2)c1.NC(=O)CC1Cc2ccccc2C1. The Morgan fingerprint density at radius 2 is 1.82 bits per heavy atom. The Balaban J connectivity index is 0.000000162. The van der Waals surface area contributed by atoms with Gasteiger partial charge in [0.1, 0.15) is 0 Å². The Kier molecular flexibility index (Phi) is 7.87. The van der Waals surface area contributed by atoms with E-state index in [1.165, 1.54) is 50.0 Å². The van der Waals surface area contributed by atoms with Gasteiger partial charge in [0, 0.05) is 23.3 Å². The number of carbonyl (C=O) groups excluding carboxylic acids is 1. The molecule has 0 spiro atoms. The molecule has 0 bridgehead atoms. The number of nitrogens with two attached hydrogens (primary N) is 1. The van der Waals surface area contributed by atoms with Gasteiger partial charge in [-0.1, -0.05) is 35.9 Å². The topological polar surface area (TPSA) is 59.2 Å². The molecule has 2 heterocycles. The number of amides is 1. The summed E-state index contributed by atoms with van der Waals surface area (Å²) in [7, 11) is 0. The highest BCUT2D eigenvalue weighted by atomic mass is 35.5. The summed E-state index contributed by atoms with van der Waals surface area (Å²) in [5, 5.41) is 0.793. The van der Waals surface area contributed by atoms with Crippen molar-refractivity contribution in [2.75, 3.05) is 19.6 Å². The molecule has 4 nitrogen and oxygen atoms in total. The fourth-order valence-corrected chi connectivity index (χ4v) is 4.34. The number of benzene rings is 1. The summed E-state index contributed by atoms with van der Waals surface area (Å²) in [5.74, 6) is 0.257. The molecule has 1 fully saturated rings. The number of aromatic nitrogens is 1. The van der Waals surface area contributed by atoms with Crippen molar-refractivity contribution in [3.63, 3.8) is 0 Å². The Hall–Kier alpha value is -1.91. The molecule has 150 valence electrons. The van der Waals surface area contributed by atoms with Crippen LogP contribution in [0.25, 0.3) is 0 Å². The zero-order chi connectivity index (χ0) is 19.8. The molecule has 1 saturated heterocycles. The second-order valence-electron chi connectivity index (χ2n) is 7.83. The van der Waals surface area contributed by atoms with Gasteiger partial charge in [-0.05, 0) is 87.3 Å². The van der Waals surface area contributed by atoms with Gasteiger partial charge in [0.05, 0.1) is 0 Å². The van der Waals surface area contributed by atoms with Gasteiger partial charge in [0.25, 0.3) is 0 Å². The van der Waals surface area contributed by atoms with E-state index in [-0.39, 0.29) is 5.91 Å². The van der Waals surface area contributed by atoms with Crippen LogP contribution in [0.4, 0.5) is 0 Å². The van der Waals surface area contributed by atoms with E-state index in [1.54, 1.807) is 6.20 Å². The van der Waals surface area contributed by atoms with Gasteiger partial charge in [-0.25, -0.2) is 0 Å². The summed E-state index contributed by atoms with van der Waals surface area (Å²) in [4.78, 5) is 17.6. The van der Waals surface area contributed by atoms with Crippen molar-refractivity contribution in [1.82, 2.24) is 9.88 Å². The summed E-state index contributed by atoms with van der Waals surface area (Å²) in [6, 6.07) is 12.2. The maximum absolute atomic E-state index is 10.7. The van der Waals surface area contributed by atoms with Crippen LogP contribution in [-0.2, 0) is 24.1 Å². The van der Waals surface area contributed by atoms with E-state index in [4.69, 9.17) is 17.3 Å².